The predicted molar refractivity (Wildman–Crippen MR) is 166 cm³/mol. The molecular weight excluding hydrogens is 557 g/mol. The second-order valence-electron chi connectivity index (χ2n) is 11.5. The van der Waals surface area contributed by atoms with Gasteiger partial charge in [0.1, 0.15) is 0 Å². The van der Waals surface area contributed by atoms with Crippen LogP contribution in [0.25, 0.3) is 30.1 Å². The first-order chi connectivity index (χ1) is 17.7. The van der Waals surface area contributed by atoms with Crippen molar-refractivity contribution >= 4 is 58.4 Å². The summed E-state index contributed by atoms with van der Waals surface area (Å²) >= 11 is 8.15. The Kier molecular flexibility index (Phi) is 6.60. The van der Waals surface area contributed by atoms with Crippen molar-refractivity contribution in [1.29, 1.82) is 0 Å². The molecule has 0 unspecified atom stereocenters. The molecule has 0 radical (unpaired) electrons. The molecule has 0 spiro atoms. The number of nitrogens with zero attached hydrogens (tertiary/aromatic N) is 3. The van der Waals surface area contributed by atoms with Crippen molar-refractivity contribution in [3.8, 4) is 20.4 Å². The Morgan fingerprint density at radius 3 is 2.54 bits per heavy atom. The van der Waals surface area contributed by atoms with E-state index < -0.39 is 0 Å². The van der Waals surface area contributed by atoms with E-state index >= 15 is 0 Å². The van der Waals surface area contributed by atoms with E-state index in [1.807, 2.05) is 11.3 Å². The Labute approximate surface area is 236 Å². The average molecular weight is 594 g/mol. The maximum absolute atomic E-state index is 6.00. The summed E-state index contributed by atoms with van der Waals surface area (Å²) < 4.78 is 5.20. The summed E-state index contributed by atoms with van der Waals surface area (Å²) in [4.78, 5) is 8.49. The number of rotatable bonds is 2. The first-order valence-electron chi connectivity index (χ1n) is 13.4. The molecule has 4 heterocycles. The van der Waals surface area contributed by atoms with E-state index in [4.69, 9.17) is 12.2 Å². The van der Waals surface area contributed by atoms with E-state index in [0.29, 0.717) is 0 Å². The topological polar surface area (TPSA) is 9.49 Å². The second-order valence-corrected chi connectivity index (χ2v) is 15.2. The molecule has 0 saturated carbocycles. The van der Waals surface area contributed by atoms with Crippen LogP contribution in [0.15, 0.2) is 42.5 Å². The summed E-state index contributed by atoms with van der Waals surface area (Å²) in [7, 11) is 6.53. The van der Waals surface area contributed by atoms with E-state index in [2.05, 4.69) is 91.8 Å². The number of fused-ring (bicyclic) bond motifs is 3. The summed E-state index contributed by atoms with van der Waals surface area (Å²) in [5.74, 6) is 0. The molecule has 3 aliphatic heterocycles. The third-order valence-electron chi connectivity index (χ3n) is 8.26. The van der Waals surface area contributed by atoms with Gasteiger partial charge in [-0.05, 0) is 0 Å². The molecule has 1 aromatic carbocycles. The summed E-state index contributed by atoms with van der Waals surface area (Å²) in [5, 5.41) is 2.71. The Morgan fingerprint density at radius 2 is 1.78 bits per heavy atom. The fraction of sp³-hybridized carbons (Fsp3) is 0.419. The molecule has 0 N–H and O–H groups in total. The van der Waals surface area contributed by atoms with Gasteiger partial charge in [-0.1, -0.05) is 0 Å². The van der Waals surface area contributed by atoms with Crippen molar-refractivity contribution in [3.05, 3.63) is 58.3 Å². The van der Waals surface area contributed by atoms with Gasteiger partial charge in [-0.3, -0.25) is 0 Å². The van der Waals surface area contributed by atoms with Gasteiger partial charge in [0, 0.05) is 0 Å². The van der Waals surface area contributed by atoms with Crippen molar-refractivity contribution < 1.29 is 0 Å². The van der Waals surface area contributed by atoms with Crippen molar-refractivity contribution in [2.75, 3.05) is 45.7 Å². The molecule has 6 heteroatoms. The zero-order valence-electron chi connectivity index (χ0n) is 22.6. The fourth-order valence-corrected chi connectivity index (χ4v) is 9.67. The van der Waals surface area contributed by atoms with Crippen LogP contribution < -0.4 is 14.8 Å². The van der Waals surface area contributed by atoms with Crippen LogP contribution in [0.4, 0.5) is 5.69 Å². The summed E-state index contributed by atoms with van der Waals surface area (Å²) in [6.45, 7) is 8.14. The minimum absolute atomic E-state index is 0.181. The average Bonchev–Trinajstić information content (AvgIpc) is 3.38. The molecule has 1 aliphatic carbocycles. The van der Waals surface area contributed by atoms with Crippen LogP contribution in [-0.2, 0) is 5.41 Å². The third-order valence-corrected chi connectivity index (χ3v) is 12.3. The molecule has 4 aliphatic rings. The van der Waals surface area contributed by atoms with Crippen LogP contribution in [0.3, 0.4) is 0 Å². The zero-order chi connectivity index (χ0) is 25.9. The Balaban J connectivity index is 1.60. The quantitative estimate of drug-likeness (QED) is 0.121. The van der Waals surface area contributed by atoms with Crippen LogP contribution in [0.2, 0.25) is 0 Å². The number of hydrogen-bond donors (Lipinski definition) is 0. The van der Waals surface area contributed by atoms with Crippen LogP contribution in [0, 0.1) is 0 Å². The zero-order valence-corrected chi connectivity index (χ0v) is 25.9. The number of benzene rings is 2. The molecule has 2 aromatic rings. The van der Waals surface area contributed by atoms with Crippen molar-refractivity contribution in [2.45, 2.75) is 44.9 Å². The van der Waals surface area contributed by atoms with Crippen molar-refractivity contribution in [1.82, 2.24) is 9.48 Å². The van der Waals surface area contributed by atoms with Crippen LogP contribution in [0.1, 0.15) is 50.0 Å². The Hall–Kier alpha value is -1.98. The third kappa shape index (κ3) is 4.50. The van der Waals surface area contributed by atoms with Gasteiger partial charge in [0.25, 0.3) is 0 Å². The molecule has 1 fully saturated rings. The van der Waals surface area contributed by atoms with Gasteiger partial charge in [0.2, 0.25) is 0 Å². The fourth-order valence-electron chi connectivity index (χ4n) is 5.86. The molecule has 0 bridgehead atoms. The van der Waals surface area contributed by atoms with Gasteiger partial charge in [-0.2, -0.15) is 0 Å². The van der Waals surface area contributed by atoms with E-state index in [1.165, 1.54) is 77.3 Å². The van der Waals surface area contributed by atoms with E-state index in [0.717, 1.165) is 24.6 Å². The van der Waals surface area contributed by atoms with Crippen LogP contribution >= 0.6 is 23.6 Å². The normalized spacial score (nSPS) is 17.3. The van der Waals surface area contributed by atoms with Gasteiger partial charge < -0.3 is 0 Å². The number of likely N-dealkylation sites (tertiary alicyclic amines) is 1. The molecule has 1 aromatic heterocycles. The Bertz CT molecular complexity index is 1550. The van der Waals surface area contributed by atoms with E-state index in [-0.39, 0.29) is 19.9 Å². The molecule has 1 saturated heterocycles. The van der Waals surface area contributed by atoms with Crippen molar-refractivity contribution in [2.24, 2.45) is 0 Å². The SMILES string of the molecule is CN1CCC(C)(C)c2cc3c(-c4ccc(C(=S)N5CCCCC5)s4)c4ccc(=[N+](C)C)cc-4[se]c3cc21. The molecule has 0 atom stereocenters. The van der Waals surface area contributed by atoms with E-state index in [1.54, 1.807) is 0 Å². The number of piperidine rings is 1. The molecule has 37 heavy (non-hydrogen) atoms. The molecule has 192 valence electrons. The first-order valence-corrected chi connectivity index (χ1v) is 16.3. The monoisotopic (exact) mass is 594 g/mol. The molecular formula is C31H36N3S2Se+. The standard InChI is InChI=1S/C31H36N3S2Se/c1-31(2)13-16-33(5)24-19-28-22(18-23(24)31)29(21-10-9-20(32(3)4)17-27(21)37-28)25-11-12-26(36-25)30(35)34-14-7-6-8-15-34/h9-12,17-19H,6-8,13-16H2,1-5H3/q+1. The van der Waals surface area contributed by atoms with Gasteiger partial charge in [-0.15, -0.1) is 0 Å². The molecule has 3 nitrogen and oxygen atoms in total. The van der Waals surface area contributed by atoms with Gasteiger partial charge in [-0.25, -0.2) is 0 Å². The predicted octanol–water partition coefficient (Wildman–Crippen LogP) is 6.04. The number of hydrogen-bond acceptors (Lipinski definition) is 3. The number of thiophene rings is 1. The number of anilines is 1. The maximum atomic E-state index is 6.00. The second kappa shape index (κ2) is 9.64. The summed E-state index contributed by atoms with van der Waals surface area (Å²) in [5.41, 5.74) is 5.88. The van der Waals surface area contributed by atoms with Gasteiger partial charge >= 0.3 is 237 Å². The van der Waals surface area contributed by atoms with E-state index in [9.17, 15) is 0 Å². The summed E-state index contributed by atoms with van der Waals surface area (Å²) in [6.07, 6.45) is 5.02. The Morgan fingerprint density at radius 1 is 1.00 bits per heavy atom. The molecule has 0 amide bonds. The first kappa shape index (κ1) is 25.3. The van der Waals surface area contributed by atoms with Gasteiger partial charge in [0.05, 0.1) is 0 Å². The van der Waals surface area contributed by atoms with Crippen LogP contribution in [0.5, 0.6) is 0 Å². The van der Waals surface area contributed by atoms with Gasteiger partial charge in [0.15, 0.2) is 0 Å². The minimum atomic E-state index is 0.181. The summed E-state index contributed by atoms with van der Waals surface area (Å²) in [6, 6.07) is 16.7. The van der Waals surface area contributed by atoms with Crippen molar-refractivity contribution in [3.63, 3.8) is 0 Å². The molecule has 6 rings (SSSR count). The number of thiocarbonyl (C=S) groups is 1. The van der Waals surface area contributed by atoms with Crippen LogP contribution in [-0.4, -0.2) is 65.2 Å².